The van der Waals surface area contributed by atoms with E-state index in [4.69, 9.17) is 4.52 Å². The molecule has 5 rings (SSSR count). The highest BCUT2D eigenvalue weighted by Gasteiger charge is 2.20. The van der Waals surface area contributed by atoms with Gasteiger partial charge in [-0.05, 0) is 34.5 Å². The van der Waals surface area contributed by atoms with Crippen molar-refractivity contribution in [3.8, 4) is 17.1 Å². The van der Waals surface area contributed by atoms with Crippen molar-refractivity contribution in [3.05, 3.63) is 51.1 Å². The first-order valence-electron chi connectivity index (χ1n) is 10.7. The third-order valence-corrected chi connectivity index (χ3v) is 5.78. The highest BCUT2D eigenvalue weighted by atomic mass is 79.9. The van der Waals surface area contributed by atoms with Crippen LogP contribution in [0.2, 0.25) is 0 Å². The maximum absolute atomic E-state index is 13.2. The lowest BCUT2D eigenvalue weighted by Gasteiger charge is -2.09. The van der Waals surface area contributed by atoms with Gasteiger partial charge in [-0.15, -0.1) is 10.2 Å². The van der Waals surface area contributed by atoms with E-state index in [-0.39, 0.29) is 11.3 Å². The Morgan fingerprint density at radius 2 is 2.06 bits per heavy atom. The molecule has 0 atom stereocenters. The summed E-state index contributed by atoms with van der Waals surface area (Å²) < 4.78 is 9.30. The molecule has 0 fully saturated rings. The Hall–Kier alpha value is -3.54. The summed E-state index contributed by atoms with van der Waals surface area (Å²) in [6.45, 7) is 2.82. The Bertz CT molecular complexity index is 1500. The van der Waals surface area contributed by atoms with E-state index in [1.54, 1.807) is 24.3 Å². The molecular formula is C21H21BrN8O3. The monoisotopic (exact) mass is 512 g/mol. The minimum Gasteiger partial charge on any atom is -0.508 e. The van der Waals surface area contributed by atoms with E-state index in [0.717, 1.165) is 19.3 Å². The van der Waals surface area contributed by atoms with Crippen molar-refractivity contribution in [1.29, 1.82) is 0 Å². The van der Waals surface area contributed by atoms with Gasteiger partial charge in [-0.1, -0.05) is 37.1 Å². The highest BCUT2D eigenvalue weighted by Crippen LogP contribution is 2.21. The molecule has 4 heterocycles. The third-order valence-electron chi connectivity index (χ3n) is 5.40. The molecule has 0 radical (unpaired) electrons. The van der Waals surface area contributed by atoms with Gasteiger partial charge in [0.05, 0.1) is 0 Å². The summed E-state index contributed by atoms with van der Waals surface area (Å²) in [5.41, 5.74) is 1.36. The van der Waals surface area contributed by atoms with Crippen molar-refractivity contribution in [3.63, 3.8) is 0 Å². The van der Waals surface area contributed by atoms with Crippen LogP contribution in [-0.4, -0.2) is 44.4 Å². The lowest BCUT2D eigenvalue weighted by atomic mass is 10.2. The number of imidazole rings is 1. The summed E-state index contributed by atoms with van der Waals surface area (Å²) in [6, 6.07) is 6.64. The number of phenolic OH excluding ortho intramolecular Hbond substituents is 1. The summed E-state index contributed by atoms with van der Waals surface area (Å²) in [5.74, 6) is 1.88. The zero-order valence-electron chi connectivity index (χ0n) is 17.8. The molecule has 0 saturated heterocycles. The molecule has 0 aliphatic rings. The van der Waals surface area contributed by atoms with Gasteiger partial charge < -0.3 is 14.6 Å². The van der Waals surface area contributed by atoms with Crippen molar-refractivity contribution >= 4 is 32.9 Å². The number of hydrogen-bond acceptors (Lipinski definition) is 8. The first kappa shape index (κ1) is 21.3. The number of nitrogens with zero attached hydrogens (tertiary/aromatic N) is 7. The van der Waals surface area contributed by atoms with Crippen LogP contribution < -0.4 is 5.56 Å². The number of unbranched alkanes of at least 4 members (excludes halogenated alkanes) is 2. The Morgan fingerprint density at radius 3 is 2.88 bits per heavy atom. The number of phenols is 1. The molecule has 12 heteroatoms. The average molecular weight is 513 g/mol. The molecule has 0 saturated carbocycles. The number of aryl methyl sites for hydroxylation is 3. The molecule has 170 valence electrons. The predicted octanol–water partition coefficient (Wildman–Crippen LogP) is 3.26. The van der Waals surface area contributed by atoms with Gasteiger partial charge in [-0.3, -0.25) is 9.36 Å². The fourth-order valence-corrected chi connectivity index (χ4v) is 4.17. The molecule has 2 N–H and O–H groups in total. The quantitative estimate of drug-likeness (QED) is 0.238. The maximum atomic E-state index is 13.2. The molecule has 1 aromatic carbocycles. The number of rotatable bonds is 8. The summed E-state index contributed by atoms with van der Waals surface area (Å²) in [5, 5.41) is 22.2. The van der Waals surface area contributed by atoms with Gasteiger partial charge in [0, 0.05) is 24.9 Å². The smallest absolute Gasteiger partial charge is 0.286 e. The van der Waals surface area contributed by atoms with Gasteiger partial charge in [0.1, 0.15) is 11.6 Å². The van der Waals surface area contributed by atoms with Gasteiger partial charge in [-0.2, -0.15) is 4.98 Å². The van der Waals surface area contributed by atoms with E-state index < -0.39 is 0 Å². The molecule has 5 aromatic rings. The number of H-pyrrole nitrogens is 1. The number of aromatic amines is 1. The van der Waals surface area contributed by atoms with Gasteiger partial charge in [-0.25, -0.2) is 9.38 Å². The molecule has 0 spiro atoms. The second-order valence-corrected chi connectivity index (χ2v) is 8.45. The summed E-state index contributed by atoms with van der Waals surface area (Å²) >= 11 is 3.33. The number of benzene rings is 1. The Morgan fingerprint density at radius 1 is 1.18 bits per heavy atom. The van der Waals surface area contributed by atoms with Crippen LogP contribution >= 0.6 is 15.9 Å². The zero-order chi connectivity index (χ0) is 22.9. The van der Waals surface area contributed by atoms with E-state index in [2.05, 4.69) is 53.2 Å². The van der Waals surface area contributed by atoms with Crippen LogP contribution in [0.15, 0.2) is 38.3 Å². The van der Waals surface area contributed by atoms with Crippen molar-refractivity contribution in [2.45, 2.75) is 45.6 Å². The van der Waals surface area contributed by atoms with E-state index in [1.807, 2.05) is 4.57 Å². The maximum Gasteiger partial charge on any atom is 0.286 e. The van der Waals surface area contributed by atoms with Crippen molar-refractivity contribution < 1.29 is 9.63 Å². The van der Waals surface area contributed by atoms with E-state index >= 15 is 0 Å². The second-order valence-electron chi connectivity index (χ2n) is 7.70. The Kier molecular flexibility index (Phi) is 5.67. The van der Waals surface area contributed by atoms with Crippen LogP contribution in [0.25, 0.3) is 28.3 Å². The van der Waals surface area contributed by atoms with Crippen molar-refractivity contribution in [2.24, 2.45) is 0 Å². The van der Waals surface area contributed by atoms with Gasteiger partial charge in [0.2, 0.25) is 17.5 Å². The fourth-order valence-electron chi connectivity index (χ4n) is 3.80. The summed E-state index contributed by atoms with van der Waals surface area (Å²) in [4.78, 5) is 25.0. The minimum absolute atomic E-state index is 0.126. The molecule has 0 amide bonds. The van der Waals surface area contributed by atoms with Crippen LogP contribution in [0.3, 0.4) is 0 Å². The lowest BCUT2D eigenvalue weighted by Crippen LogP contribution is -2.21. The molecular weight excluding hydrogens is 492 g/mol. The van der Waals surface area contributed by atoms with Gasteiger partial charge in [0.15, 0.2) is 15.9 Å². The topological polar surface area (TPSA) is 140 Å². The number of aromatic hydroxyl groups is 1. The molecule has 0 bridgehead atoms. The fraction of sp³-hybridized carbons (Fsp3) is 0.333. The van der Waals surface area contributed by atoms with Gasteiger partial charge >= 0.3 is 0 Å². The SMILES string of the molecule is CCCCCn1c2nc(Br)[nH]c2c(=O)n2c(CCc3nc(-c4cccc(O)c4)no3)nnc12. The van der Waals surface area contributed by atoms with Crippen LogP contribution in [0.4, 0.5) is 0 Å². The van der Waals surface area contributed by atoms with Crippen molar-refractivity contribution in [1.82, 2.24) is 39.3 Å². The molecule has 0 unspecified atom stereocenters. The molecule has 4 aromatic heterocycles. The molecule has 0 aliphatic carbocycles. The summed E-state index contributed by atoms with van der Waals surface area (Å²) in [7, 11) is 0. The van der Waals surface area contributed by atoms with Crippen LogP contribution in [-0.2, 0) is 19.4 Å². The standard InChI is InChI=1S/C21H21BrN8O3/c1-2-3-4-10-29-18-16(24-20(22)25-18)19(32)30-14(26-27-21(29)30)8-9-15-23-17(28-33-15)12-6-5-7-13(31)11-12/h5-7,11,31H,2-4,8-10H2,1H3,(H,24,25). The first-order chi connectivity index (χ1) is 16.0. The largest absolute Gasteiger partial charge is 0.508 e. The Balaban J connectivity index is 1.46. The molecule has 0 aliphatic heterocycles. The normalized spacial score (nSPS) is 11.7. The number of aromatic nitrogens is 8. The van der Waals surface area contributed by atoms with Crippen LogP contribution in [0, 0.1) is 0 Å². The number of fused-ring (bicyclic) bond motifs is 2. The van der Waals surface area contributed by atoms with Crippen LogP contribution in [0.1, 0.15) is 37.9 Å². The number of hydrogen-bond donors (Lipinski definition) is 2. The van der Waals surface area contributed by atoms with Gasteiger partial charge in [0.25, 0.3) is 5.56 Å². The second kappa shape index (κ2) is 8.77. The minimum atomic E-state index is -0.254. The van der Waals surface area contributed by atoms with E-state index in [0.29, 0.717) is 64.2 Å². The lowest BCUT2D eigenvalue weighted by molar-refractivity contribution is 0.378. The Labute approximate surface area is 195 Å². The number of nitrogens with one attached hydrogen (secondary N) is 1. The predicted molar refractivity (Wildman–Crippen MR) is 123 cm³/mol. The van der Waals surface area contributed by atoms with Crippen molar-refractivity contribution in [2.75, 3.05) is 0 Å². The zero-order valence-corrected chi connectivity index (χ0v) is 19.4. The highest BCUT2D eigenvalue weighted by molar-refractivity contribution is 9.10. The third kappa shape index (κ3) is 4.01. The summed E-state index contributed by atoms with van der Waals surface area (Å²) in [6.07, 6.45) is 3.85. The van der Waals surface area contributed by atoms with Crippen LogP contribution in [0.5, 0.6) is 5.75 Å². The van der Waals surface area contributed by atoms with E-state index in [1.165, 1.54) is 4.40 Å². The molecule has 33 heavy (non-hydrogen) atoms. The average Bonchev–Trinajstić information content (AvgIpc) is 3.53. The van der Waals surface area contributed by atoms with E-state index in [9.17, 15) is 9.90 Å². The number of halogens is 1. The first-order valence-corrected chi connectivity index (χ1v) is 11.5. The molecule has 11 nitrogen and oxygen atoms in total.